The monoisotopic (exact) mass is 353 g/mol. The Morgan fingerprint density at radius 2 is 1.85 bits per heavy atom. The Labute approximate surface area is 155 Å². The molecule has 0 bridgehead atoms. The van der Waals surface area contributed by atoms with Gasteiger partial charge in [0.25, 0.3) is 0 Å². The van der Waals surface area contributed by atoms with Crippen LogP contribution in [0.5, 0.6) is 0 Å². The lowest BCUT2D eigenvalue weighted by Gasteiger charge is -2.37. The van der Waals surface area contributed by atoms with Crippen LogP contribution in [0.3, 0.4) is 0 Å². The van der Waals surface area contributed by atoms with Crippen LogP contribution in [-0.4, -0.2) is 54.6 Å². The normalized spacial score (nSPS) is 16.3. The van der Waals surface area contributed by atoms with Gasteiger partial charge in [-0.2, -0.15) is 0 Å². The van der Waals surface area contributed by atoms with Crippen LogP contribution in [0.15, 0.2) is 48.8 Å². The number of nitrogens with one attached hydrogen (secondary N) is 1. The average Bonchev–Trinajstić information content (AvgIpc) is 2.68. The van der Waals surface area contributed by atoms with Crippen molar-refractivity contribution < 1.29 is 4.79 Å². The van der Waals surface area contributed by atoms with Crippen molar-refractivity contribution in [3.63, 3.8) is 0 Å². The molecule has 3 N–H and O–H groups in total. The Morgan fingerprint density at radius 1 is 1.15 bits per heavy atom. The van der Waals surface area contributed by atoms with Crippen molar-refractivity contribution in [2.24, 2.45) is 5.73 Å². The predicted molar refractivity (Wildman–Crippen MR) is 105 cm³/mol. The van der Waals surface area contributed by atoms with E-state index < -0.39 is 6.04 Å². The molecule has 1 aliphatic rings. The number of aromatic nitrogens is 1. The number of carbonyl (C=O) groups excluding carboxylic acids is 1. The van der Waals surface area contributed by atoms with Crippen molar-refractivity contribution in [3.8, 4) is 0 Å². The van der Waals surface area contributed by atoms with Crippen molar-refractivity contribution in [2.45, 2.75) is 19.4 Å². The van der Waals surface area contributed by atoms with Gasteiger partial charge in [-0.1, -0.05) is 12.1 Å². The van der Waals surface area contributed by atoms with Gasteiger partial charge in [0.05, 0.1) is 17.4 Å². The summed E-state index contributed by atoms with van der Waals surface area (Å²) in [4.78, 5) is 20.8. The van der Waals surface area contributed by atoms with Gasteiger partial charge in [-0.15, -0.1) is 0 Å². The Kier molecular flexibility index (Phi) is 6.20. The average molecular weight is 353 g/mol. The molecule has 1 aliphatic heterocycles. The highest BCUT2D eigenvalue weighted by atomic mass is 16.2. The summed E-state index contributed by atoms with van der Waals surface area (Å²) in [7, 11) is 0. The van der Waals surface area contributed by atoms with Crippen LogP contribution in [0.4, 0.5) is 11.4 Å². The molecule has 1 saturated heterocycles. The highest BCUT2D eigenvalue weighted by molar-refractivity contribution is 5.97. The van der Waals surface area contributed by atoms with Crippen LogP contribution >= 0.6 is 0 Å². The van der Waals surface area contributed by atoms with Gasteiger partial charge in [0.2, 0.25) is 5.91 Å². The Bertz CT molecular complexity index is 711. The molecule has 138 valence electrons. The van der Waals surface area contributed by atoms with Gasteiger partial charge >= 0.3 is 0 Å². The first-order valence-corrected chi connectivity index (χ1v) is 9.15. The maximum atomic E-state index is 12.0. The first kappa shape index (κ1) is 18.4. The highest BCUT2D eigenvalue weighted by Gasteiger charge is 2.20. The SMILES string of the molecule is CC(N)C(=O)Nc1ccccc1N1CCN(CCc2ccncc2)CC1. The summed E-state index contributed by atoms with van der Waals surface area (Å²) in [6, 6.07) is 11.6. The molecule has 1 aromatic carbocycles. The number of para-hydroxylation sites is 2. The number of benzene rings is 1. The first-order chi connectivity index (χ1) is 12.6. The molecular formula is C20H27N5O. The first-order valence-electron chi connectivity index (χ1n) is 9.15. The molecule has 1 fully saturated rings. The molecule has 1 aromatic heterocycles. The third kappa shape index (κ3) is 4.80. The molecule has 0 radical (unpaired) electrons. The lowest BCUT2D eigenvalue weighted by atomic mass is 10.1. The Balaban J connectivity index is 1.55. The largest absolute Gasteiger partial charge is 0.367 e. The number of anilines is 2. The minimum Gasteiger partial charge on any atom is -0.367 e. The maximum absolute atomic E-state index is 12.0. The number of rotatable bonds is 6. The second-order valence-corrected chi connectivity index (χ2v) is 6.73. The molecule has 6 heteroatoms. The lowest BCUT2D eigenvalue weighted by molar-refractivity contribution is -0.117. The molecule has 2 aromatic rings. The van der Waals surface area contributed by atoms with Crippen molar-refractivity contribution in [1.82, 2.24) is 9.88 Å². The molecule has 2 heterocycles. The topological polar surface area (TPSA) is 74.5 Å². The fraction of sp³-hybridized carbons (Fsp3) is 0.400. The number of nitrogens with zero attached hydrogens (tertiary/aromatic N) is 3. The predicted octanol–water partition coefficient (Wildman–Crippen LogP) is 1.73. The van der Waals surface area contributed by atoms with Crippen LogP contribution in [0.1, 0.15) is 12.5 Å². The molecule has 1 amide bonds. The summed E-state index contributed by atoms with van der Waals surface area (Å²) in [6.45, 7) is 6.67. The van der Waals surface area contributed by atoms with Crippen LogP contribution in [-0.2, 0) is 11.2 Å². The van der Waals surface area contributed by atoms with E-state index in [1.54, 1.807) is 6.92 Å². The number of pyridine rings is 1. The third-order valence-electron chi connectivity index (χ3n) is 4.75. The zero-order valence-corrected chi connectivity index (χ0v) is 15.3. The molecule has 6 nitrogen and oxygen atoms in total. The standard InChI is InChI=1S/C20H27N5O/c1-16(21)20(26)23-18-4-2-3-5-19(18)25-14-12-24(13-15-25)11-8-17-6-9-22-10-7-17/h2-7,9-10,16H,8,11-15,21H2,1H3,(H,23,26). The van der Waals surface area contributed by atoms with Crippen molar-refractivity contribution >= 4 is 17.3 Å². The number of hydrogen-bond donors (Lipinski definition) is 2. The van der Waals surface area contributed by atoms with Gasteiger partial charge < -0.3 is 16.0 Å². The van der Waals surface area contributed by atoms with E-state index in [9.17, 15) is 4.79 Å². The summed E-state index contributed by atoms with van der Waals surface area (Å²) in [5, 5.41) is 2.94. The zero-order valence-electron chi connectivity index (χ0n) is 15.3. The van der Waals surface area contributed by atoms with Gasteiger partial charge in [-0.3, -0.25) is 14.7 Å². The van der Waals surface area contributed by atoms with Crippen molar-refractivity contribution in [1.29, 1.82) is 0 Å². The van der Waals surface area contributed by atoms with Gasteiger partial charge in [0.15, 0.2) is 0 Å². The number of piperazine rings is 1. The minimum absolute atomic E-state index is 0.159. The van der Waals surface area contributed by atoms with E-state index in [1.165, 1.54) is 5.56 Å². The van der Waals surface area contributed by atoms with E-state index in [2.05, 4.69) is 38.3 Å². The van der Waals surface area contributed by atoms with E-state index in [1.807, 2.05) is 30.6 Å². The minimum atomic E-state index is -0.520. The molecule has 0 saturated carbocycles. The highest BCUT2D eigenvalue weighted by Crippen LogP contribution is 2.26. The Morgan fingerprint density at radius 3 is 2.54 bits per heavy atom. The van der Waals surface area contributed by atoms with Crippen LogP contribution < -0.4 is 16.0 Å². The molecule has 26 heavy (non-hydrogen) atoms. The zero-order chi connectivity index (χ0) is 18.4. The van der Waals surface area contributed by atoms with Crippen LogP contribution in [0.2, 0.25) is 0 Å². The summed E-state index contributed by atoms with van der Waals surface area (Å²) in [5.74, 6) is -0.159. The van der Waals surface area contributed by atoms with Gasteiger partial charge in [-0.25, -0.2) is 0 Å². The van der Waals surface area contributed by atoms with Gasteiger partial charge in [-0.05, 0) is 43.2 Å². The van der Waals surface area contributed by atoms with E-state index in [4.69, 9.17) is 5.73 Å². The number of nitrogens with two attached hydrogens (primary N) is 1. The van der Waals surface area contributed by atoms with Gasteiger partial charge in [0, 0.05) is 45.1 Å². The molecule has 3 rings (SSSR count). The lowest BCUT2D eigenvalue weighted by Crippen LogP contribution is -2.47. The smallest absolute Gasteiger partial charge is 0.241 e. The summed E-state index contributed by atoms with van der Waals surface area (Å²) in [5.41, 5.74) is 8.90. The van der Waals surface area contributed by atoms with Crippen molar-refractivity contribution in [3.05, 3.63) is 54.4 Å². The van der Waals surface area contributed by atoms with E-state index >= 15 is 0 Å². The second kappa shape index (κ2) is 8.78. The van der Waals surface area contributed by atoms with Crippen molar-refractivity contribution in [2.75, 3.05) is 42.9 Å². The van der Waals surface area contributed by atoms with E-state index in [-0.39, 0.29) is 5.91 Å². The number of hydrogen-bond acceptors (Lipinski definition) is 5. The third-order valence-corrected chi connectivity index (χ3v) is 4.75. The van der Waals surface area contributed by atoms with E-state index in [0.29, 0.717) is 0 Å². The van der Waals surface area contributed by atoms with E-state index in [0.717, 1.165) is 50.5 Å². The molecule has 1 atom stereocenters. The molecule has 0 aliphatic carbocycles. The molecule has 0 spiro atoms. The van der Waals surface area contributed by atoms with Crippen LogP contribution in [0.25, 0.3) is 0 Å². The Hall–Kier alpha value is -2.44. The molecule has 1 unspecified atom stereocenters. The fourth-order valence-electron chi connectivity index (χ4n) is 3.15. The number of carbonyl (C=O) groups is 1. The summed E-state index contributed by atoms with van der Waals surface area (Å²) >= 11 is 0. The second-order valence-electron chi connectivity index (χ2n) is 6.73. The number of amides is 1. The maximum Gasteiger partial charge on any atom is 0.241 e. The summed E-state index contributed by atoms with van der Waals surface area (Å²) in [6.07, 6.45) is 4.74. The summed E-state index contributed by atoms with van der Waals surface area (Å²) < 4.78 is 0. The quantitative estimate of drug-likeness (QED) is 0.827. The van der Waals surface area contributed by atoms with Gasteiger partial charge in [0.1, 0.15) is 0 Å². The molecular weight excluding hydrogens is 326 g/mol. The van der Waals surface area contributed by atoms with Crippen LogP contribution in [0, 0.1) is 0 Å². The fourth-order valence-corrected chi connectivity index (χ4v) is 3.15.